The van der Waals surface area contributed by atoms with Crippen LogP contribution in [0, 0.1) is 6.92 Å². The summed E-state index contributed by atoms with van der Waals surface area (Å²) in [6, 6.07) is 19.0. The van der Waals surface area contributed by atoms with Gasteiger partial charge < -0.3 is 4.74 Å². The quantitative estimate of drug-likeness (QED) is 0.692. The molecule has 2 heterocycles. The van der Waals surface area contributed by atoms with Crippen LogP contribution in [0.1, 0.15) is 16.7 Å². The molecular formula is C21H23N3O. The summed E-state index contributed by atoms with van der Waals surface area (Å²) < 4.78 is 7.99. The standard InChI is InChI=1S/C21H23N3O/c1-17-5-2-8-20(11-17)25-21-15-23(16-21)13-18-6-3-7-19(12-18)14-24-10-4-9-22-24/h2-12,21H,13-16H2,1H3. The van der Waals surface area contributed by atoms with Gasteiger partial charge in [-0.1, -0.05) is 36.4 Å². The van der Waals surface area contributed by atoms with Crippen molar-refractivity contribution in [3.05, 3.63) is 83.7 Å². The maximum atomic E-state index is 6.04. The molecule has 4 nitrogen and oxygen atoms in total. The molecule has 0 N–H and O–H groups in total. The lowest BCUT2D eigenvalue weighted by molar-refractivity contribution is 0.0145. The van der Waals surface area contributed by atoms with Gasteiger partial charge in [0, 0.05) is 32.0 Å². The van der Waals surface area contributed by atoms with Crippen molar-refractivity contribution in [2.45, 2.75) is 26.1 Å². The second-order valence-corrected chi connectivity index (χ2v) is 6.77. The van der Waals surface area contributed by atoms with E-state index in [4.69, 9.17) is 4.74 Å². The first kappa shape index (κ1) is 15.9. The van der Waals surface area contributed by atoms with Crippen molar-refractivity contribution < 1.29 is 4.74 Å². The van der Waals surface area contributed by atoms with Crippen LogP contribution < -0.4 is 4.74 Å². The molecule has 4 rings (SSSR count). The lowest BCUT2D eigenvalue weighted by atomic mass is 10.1. The maximum Gasteiger partial charge on any atom is 0.124 e. The molecule has 1 saturated heterocycles. The fourth-order valence-electron chi connectivity index (χ4n) is 3.27. The second kappa shape index (κ2) is 7.11. The highest BCUT2D eigenvalue weighted by molar-refractivity contribution is 5.28. The first-order chi connectivity index (χ1) is 12.2. The van der Waals surface area contributed by atoms with Crippen LogP contribution in [0.2, 0.25) is 0 Å². The van der Waals surface area contributed by atoms with Crippen molar-refractivity contribution in [1.29, 1.82) is 0 Å². The molecule has 128 valence electrons. The van der Waals surface area contributed by atoms with E-state index < -0.39 is 0 Å². The van der Waals surface area contributed by atoms with Gasteiger partial charge in [0.25, 0.3) is 0 Å². The van der Waals surface area contributed by atoms with Crippen LogP contribution in [-0.4, -0.2) is 33.9 Å². The largest absolute Gasteiger partial charge is 0.488 e. The van der Waals surface area contributed by atoms with E-state index in [0.29, 0.717) is 6.10 Å². The van der Waals surface area contributed by atoms with Gasteiger partial charge in [-0.25, -0.2) is 0 Å². The van der Waals surface area contributed by atoms with Gasteiger partial charge in [0.2, 0.25) is 0 Å². The minimum absolute atomic E-state index is 0.300. The Morgan fingerprint density at radius 2 is 1.80 bits per heavy atom. The molecular weight excluding hydrogens is 310 g/mol. The highest BCUT2D eigenvalue weighted by Gasteiger charge is 2.28. The Morgan fingerprint density at radius 1 is 1.00 bits per heavy atom. The monoisotopic (exact) mass is 333 g/mol. The summed E-state index contributed by atoms with van der Waals surface area (Å²) in [7, 11) is 0. The smallest absolute Gasteiger partial charge is 0.124 e. The number of nitrogens with zero attached hydrogens (tertiary/aromatic N) is 3. The Balaban J connectivity index is 1.29. The molecule has 0 bridgehead atoms. The third kappa shape index (κ3) is 4.09. The zero-order valence-corrected chi connectivity index (χ0v) is 14.5. The molecule has 0 spiro atoms. The van der Waals surface area contributed by atoms with Crippen LogP contribution in [0.4, 0.5) is 0 Å². The molecule has 0 radical (unpaired) electrons. The highest BCUT2D eigenvalue weighted by Crippen LogP contribution is 2.21. The Morgan fingerprint density at radius 3 is 2.56 bits per heavy atom. The Kier molecular flexibility index (Phi) is 4.53. The molecule has 1 aliphatic heterocycles. The third-order valence-corrected chi connectivity index (χ3v) is 4.52. The fourth-order valence-corrected chi connectivity index (χ4v) is 3.27. The van der Waals surface area contributed by atoms with Gasteiger partial charge >= 0.3 is 0 Å². The minimum Gasteiger partial charge on any atom is -0.488 e. The summed E-state index contributed by atoms with van der Waals surface area (Å²) in [5, 5.41) is 4.28. The van der Waals surface area contributed by atoms with Crippen molar-refractivity contribution in [2.24, 2.45) is 0 Å². The molecule has 2 aromatic carbocycles. The lowest BCUT2D eigenvalue weighted by Crippen LogP contribution is -2.53. The minimum atomic E-state index is 0.300. The van der Waals surface area contributed by atoms with Gasteiger partial charge in [-0.2, -0.15) is 5.10 Å². The van der Waals surface area contributed by atoms with E-state index >= 15 is 0 Å². The highest BCUT2D eigenvalue weighted by atomic mass is 16.5. The van der Waals surface area contributed by atoms with Crippen molar-refractivity contribution >= 4 is 0 Å². The molecule has 4 heteroatoms. The molecule has 1 fully saturated rings. The van der Waals surface area contributed by atoms with Crippen molar-refractivity contribution in [2.75, 3.05) is 13.1 Å². The van der Waals surface area contributed by atoms with Gasteiger partial charge in [0.1, 0.15) is 11.9 Å². The first-order valence-electron chi connectivity index (χ1n) is 8.75. The number of hydrogen-bond acceptors (Lipinski definition) is 3. The van der Waals surface area contributed by atoms with Gasteiger partial charge in [0.05, 0.1) is 6.54 Å². The summed E-state index contributed by atoms with van der Waals surface area (Å²) in [6.45, 7) is 5.85. The number of ether oxygens (including phenoxy) is 1. The number of rotatable bonds is 6. The normalized spacial score (nSPS) is 15.1. The summed E-state index contributed by atoms with van der Waals surface area (Å²) >= 11 is 0. The Labute approximate surface area is 148 Å². The van der Waals surface area contributed by atoms with E-state index in [9.17, 15) is 0 Å². The van der Waals surface area contributed by atoms with Crippen LogP contribution in [0.5, 0.6) is 5.75 Å². The predicted molar refractivity (Wildman–Crippen MR) is 98.6 cm³/mol. The number of likely N-dealkylation sites (tertiary alicyclic amines) is 1. The van der Waals surface area contributed by atoms with E-state index in [2.05, 4.69) is 53.3 Å². The van der Waals surface area contributed by atoms with Gasteiger partial charge in [-0.15, -0.1) is 0 Å². The van der Waals surface area contributed by atoms with Crippen LogP contribution in [-0.2, 0) is 13.1 Å². The van der Waals surface area contributed by atoms with Gasteiger partial charge in [0.15, 0.2) is 0 Å². The first-order valence-corrected chi connectivity index (χ1v) is 8.75. The number of hydrogen-bond donors (Lipinski definition) is 0. The fraction of sp³-hybridized carbons (Fsp3) is 0.286. The van der Waals surface area contributed by atoms with Crippen LogP contribution >= 0.6 is 0 Å². The summed E-state index contributed by atoms with van der Waals surface area (Å²) in [4.78, 5) is 2.42. The molecule has 3 aromatic rings. The Bertz CT molecular complexity index is 823. The van der Waals surface area contributed by atoms with E-state index in [1.165, 1.54) is 16.7 Å². The third-order valence-electron chi connectivity index (χ3n) is 4.52. The molecule has 1 aliphatic rings. The van der Waals surface area contributed by atoms with Crippen molar-refractivity contribution in [1.82, 2.24) is 14.7 Å². The molecule has 0 saturated carbocycles. The summed E-state index contributed by atoms with van der Waals surface area (Å²) in [6.07, 6.45) is 4.11. The van der Waals surface area contributed by atoms with E-state index in [1.807, 2.05) is 35.3 Å². The number of benzene rings is 2. The molecule has 25 heavy (non-hydrogen) atoms. The van der Waals surface area contributed by atoms with Crippen LogP contribution in [0.25, 0.3) is 0 Å². The molecule has 0 unspecified atom stereocenters. The maximum absolute atomic E-state index is 6.04. The van der Waals surface area contributed by atoms with Crippen LogP contribution in [0.3, 0.4) is 0 Å². The SMILES string of the molecule is Cc1cccc(OC2CN(Cc3cccc(Cn4cccn4)c3)C2)c1. The van der Waals surface area contributed by atoms with Crippen LogP contribution in [0.15, 0.2) is 67.0 Å². The van der Waals surface area contributed by atoms with Crippen molar-refractivity contribution in [3.63, 3.8) is 0 Å². The summed E-state index contributed by atoms with van der Waals surface area (Å²) in [5.41, 5.74) is 3.87. The van der Waals surface area contributed by atoms with E-state index in [-0.39, 0.29) is 0 Å². The number of aryl methyl sites for hydroxylation is 1. The van der Waals surface area contributed by atoms with E-state index in [0.717, 1.165) is 31.9 Å². The second-order valence-electron chi connectivity index (χ2n) is 6.77. The zero-order valence-electron chi connectivity index (χ0n) is 14.5. The van der Waals surface area contributed by atoms with Gasteiger partial charge in [-0.3, -0.25) is 9.58 Å². The lowest BCUT2D eigenvalue weighted by Gasteiger charge is -2.39. The average molecular weight is 333 g/mol. The molecule has 1 aromatic heterocycles. The average Bonchev–Trinajstić information content (AvgIpc) is 3.06. The number of aromatic nitrogens is 2. The van der Waals surface area contributed by atoms with Crippen molar-refractivity contribution in [3.8, 4) is 5.75 Å². The predicted octanol–water partition coefficient (Wildman–Crippen LogP) is 3.50. The molecule has 0 atom stereocenters. The summed E-state index contributed by atoms with van der Waals surface area (Å²) in [5.74, 6) is 0.978. The zero-order chi connectivity index (χ0) is 17.1. The van der Waals surface area contributed by atoms with E-state index in [1.54, 1.807) is 0 Å². The Hall–Kier alpha value is -2.59. The van der Waals surface area contributed by atoms with Gasteiger partial charge in [-0.05, 0) is 41.8 Å². The topological polar surface area (TPSA) is 30.3 Å². The molecule has 0 aliphatic carbocycles. The molecule has 0 amide bonds.